The van der Waals surface area contributed by atoms with Crippen LogP contribution in [0.25, 0.3) is 17.2 Å². The molecule has 2 aromatic rings. The molecule has 0 saturated heterocycles. The molecule has 0 radical (unpaired) electrons. The average Bonchev–Trinajstić information content (AvgIpc) is 3.40. The summed E-state index contributed by atoms with van der Waals surface area (Å²) in [6.07, 6.45) is 4.55. The van der Waals surface area contributed by atoms with Gasteiger partial charge in [-0.15, -0.1) is 0 Å². The minimum absolute atomic E-state index is 0.153. The summed E-state index contributed by atoms with van der Waals surface area (Å²) in [5.41, 5.74) is 2.37. The summed E-state index contributed by atoms with van der Waals surface area (Å²) >= 11 is 0. The van der Waals surface area contributed by atoms with Crippen molar-refractivity contribution in [1.29, 1.82) is 0 Å². The molecule has 0 heterocycles. The number of carbonyl (C=O) groups excluding carboxylic acids is 1. The Balaban J connectivity index is 2.27. The first-order valence-electron chi connectivity index (χ1n) is 8.27. The molecule has 1 fully saturated rings. The zero-order valence-electron chi connectivity index (χ0n) is 14.4. The van der Waals surface area contributed by atoms with Crippen molar-refractivity contribution in [2.75, 3.05) is 0 Å². The maximum absolute atomic E-state index is 15.0. The highest BCUT2D eigenvalue weighted by atomic mass is 19.1. The molecule has 0 aromatic heterocycles. The highest BCUT2D eigenvalue weighted by Gasteiger charge is 2.29. The standard InChI is InChI=1S/C21H19F3O/c1-11-9-16(14-6-7-14)20(23)13(3)18(11)17-10-12(2)19(22)15(21(17)24)5-4-8-25/h4-5,8-10,14H,6-7H2,1-3H3/b5-4-. The molecule has 130 valence electrons. The maximum Gasteiger partial charge on any atom is 0.142 e. The molecular weight excluding hydrogens is 325 g/mol. The summed E-state index contributed by atoms with van der Waals surface area (Å²) in [5, 5.41) is 0. The van der Waals surface area contributed by atoms with E-state index in [0.29, 0.717) is 23.0 Å². The molecule has 0 atom stereocenters. The molecular formula is C21H19F3O. The number of hydrogen-bond acceptors (Lipinski definition) is 1. The minimum Gasteiger partial charge on any atom is -0.299 e. The van der Waals surface area contributed by atoms with Gasteiger partial charge in [-0.1, -0.05) is 6.07 Å². The number of allylic oxidation sites excluding steroid dienone is 1. The van der Waals surface area contributed by atoms with Gasteiger partial charge in [-0.2, -0.15) is 0 Å². The van der Waals surface area contributed by atoms with Crippen LogP contribution < -0.4 is 0 Å². The Hall–Kier alpha value is -2.36. The smallest absolute Gasteiger partial charge is 0.142 e. The highest BCUT2D eigenvalue weighted by Crippen LogP contribution is 2.44. The van der Waals surface area contributed by atoms with Gasteiger partial charge in [0.2, 0.25) is 0 Å². The first kappa shape index (κ1) is 17.5. The van der Waals surface area contributed by atoms with Gasteiger partial charge in [-0.25, -0.2) is 13.2 Å². The maximum atomic E-state index is 15.0. The van der Waals surface area contributed by atoms with E-state index in [4.69, 9.17) is 0 Å². The van der Waals surface area contributed by atoms with Crippen LogP contribution in [0.4, 0.5) is 13.2 Å². The summed E-state index contributed by atoms with van der Waals surface area (Å²) in [4.78, 5) is 10.5. The monoisotopic (exact) mass is 344 g/mol. The van der Waals surface area contributed by atoms with Crippen molar-refractivity contribution >= 4 is 12.4 Å². The molecule has 0 spiro atoms. The average molecular weight is 344 g/mol. The number of aryl methyl sites for hydroxylation is 2. The highest BCUT2D eigenvalue weighted by molar-refractivity contribution is 5.79. The molecule has 3 rings (SSSR count). The first-order chi connectivity index (χ1) is 11.9. The molecule has 1 aliphatic rings. The topological polar surface area (TPSA) is 17.1 Å². The van der Waals surface area contributed by atoms with Gasteiger partial charge >= 0.3 is 0 Å². The van der Waals surface area contributed by atoms with Crippen molar-refractivity contribution < 1.29 is 18.0 Å². The summed E-state index contributed by atoms with van der Waals surface area (Å²) in [7, 11) is 0. The Morgan fingerprint density at radius 2 is 1.64 bits per heavy atom. The predicted molar refractivity (Wildman–Crippen MR) is 93.0 cm³/mol. The van der Waals surface area contributed by atoms with Crippen LogP contribution in [0.15, 0.2) is 18.2 Å². The second-order valence-electron chi connectivity index (χ2n) is 6.65. The fourth-order valence-electron chi connectivity index (χ4n) is 3.36. The van der Waals surface area contributed by atoms with E-state index >= 15 is 0 Å². The van der Waals surface area contributed by atoms with Crippen molar-refractivity contribution in [3.63, 3.8) is 0 Å². The number of hydrogen-bond donors (Lipinski definition) is 0. The van der Waals surface area contributed by atoms with Gasteiger partial charge in [0.25, 0.3) is 0 Å². The van der Waals surface area contributed by atoms with E-state index in [0.717, 1.165) is 30.6 Å². The lowest BCUT2D eigenvalue weighted by atomic mass is 9.89. The Morgan fingerprint density at radius 3 is 2.24 bits per heavy atom. The summed E-state index contributed by atoms with van der Waals surface area (Å²) in [5.74, 6) is -1.57. The third-order valence-corrected chi connectivity index (χ3v) is 4.77. The Kier molecular flexibility index (Phi) is 4.55. The number of rotatable bonds is 4. The van der Waals surface area contributed by atoms with Crippen LogP contribution in [-0.4, -0.2) is 6.29 Å². The van der Waals surface area contributed by atoms with Crippen LogP contribution in [0.3, 0.4) is 0 Å². The molecule has 2 aromatic carbocycles. The predicted octanol–water partition coefficient (Wildman–Crippen LogP) is 5.79. The molecule has 25 heavy (non-hydrogen) atoms. The van der Waals surface area contributed by atoms with Crippen molar-refractivity contribution in [2.24, 2.45) is 0 Å². The van der Waals surface area contributed by atoms with Crippen LogP contribution in [0, 0.1) is 38.2 Å². The number of halogens is 3. The second kappa shape index (κ2) is 6.51. The largest absolute Gasteiger partial charge is 0.299 e. The van der Waals surface area contributed by atoms with Crippen LogP contribution in [0.5, 0.6) is 0 Å². The fraction of sp³-hybridized carbons (Fsp3) is 0.286. The van der Waals surface area contributed by atoms with Gasteiger partial charge in [0.15, 0.2) is 0 Å². The molecule has 1 aliphatic carbocycles. The Morgan fingerprint density at radius 1 is 0.960 bits per heavy atom. The Labute approximate surface area is 145 Å². The molecule has 0 unspecified atom stereocenters. The van der Waals surface area contributed by atoms with E-state index < -0.39 is 11.6 Å². The Bertz CT molecular complexity index is 893. The summed E-state index contributed by atoms with van der Waals surface area (Å²) in [6.45, 7) is 4.96. The van der Waals surface area contributed by atoms with Gasteiger partial charge in [0, 0.05) is 11.1 Å². The third-order valence-electron chi connectivity index (χ3n) is 4.77. The van der Waals surface area contributed by atoms with Gasteiger partial charge in [0.05, 0.1) is 0 Å². The number of aldehydes is 1. The number of benzene rings is 2. The van der Waals surface area contributed by atoms with Crippen molar-refractivity contribution in [3.05, 3.63) is 63.5 Å². The van der Waals surface area contributed by atoms with E-state index in [1.807, 2.05) is 6.92 Å². The molecule has 1 nitrogen and oxygen atoms in total. The molecule has 0 bridgehead atoms. The van der Waals surface area contributed by atoms with Crippen molar-refractivity contribution in [1.82, 2.24) is 0 Å². The fourth-order valence-corrected chi connectivity index (χ4v) is 3.36. The summed E-state index contributed by atoms with van der Waals surface area (Å²) < 4.78 is 44.0. The van der Waals surface area contributed by atoms with Crippen LogP contribution in [0.2, 0.25) is 0 Å². The first-order valence-corrected chi connectivity index (χ1v) is 8.27. The van der Waals surface area contributed by atoms with Crippen LogP contribution in [-0.2, 0) is 4.79 Å². The normalized spacial score (nSPS) is 14.3. The molecule has 4 heteroatoms. The zero-order chi connectivity index (χ0) is 18.3. The molecule has 0 amide bonds. The van der Waals surface area contributed by atoms with E-state index in [1.165, 1.54) is 13.0 Å². The van der Waals surface area contributed by atoms with E-state index in [-0.39, 0.29) is 28.4 Å². The number of carbonyl (C=O) groups is 1. The molecule has 0 aliphatic heterocycles. The molecule has 1 saturated carbocycles. The van der Waals surface area contributed by atoms with Gasteiger partial charge in [-0.3, -0.25) is 4.79 Å². The lowest BCUT2D eigenvalue weighted by Crippen LogP contribution is -2.03. The third kappa shape index (κ3) is 3.01. The van der Waals surface area contributed by atoms with E-state index in [2.05, 4.69) is 0 Å². The van der Waals surface area contributed by atoms with Crippen LogP contribution in [0.1, 0.15) is 46.6 Å². The van der Waals surface area contributed by atoms with Gasteiger partial charge in [0.1, 0.15) is 23.7 Å². The second-order valence-corrected chi connectivity index (χ2v) is 6.65. The minimum atomic E-state index is -0.786. The quantitative estimate of drug-likeness (QED) is 0.507. The lowest BCUT2D eigenvalue weighted by molar-refractivity contribution is -0.104. The van der Waals surface area contributed by atoms with Crippen molar-refractivity contribution in [2.45, 2.75) is 39.5 Å². The molecule has 0 N–H and O–H groups in total. The van der Waals surface area contributed by atoms with Crippen molar-refractivity contribution in [3.8, 4) is 11.1 Å². The van der Waals surface area contributed by atoms with Crippen LogP contribution >= 0.6 is 0 Å². The SMILES string of the molecule is Cc1cc(-c2c(C)cc(C3CC3)c(F)c2C)c(F)c(/C=C\C=O)c1F. The van der Waals surface area contributed by atoms with E-state index in [1.54, 1.807) is 13.0 Å². The van der Waals surface area contributed by atoms with E-state index in [9.17, 15) is 18.0 Å². The summed E-state index contributed by atoms with van der Waals surface area (Å²) in [6, 6.07) is 3.17. The zero-order valence-corrected chi connectivity index (χ0v) is 14.4. The van der Waals surface area contributed by atoms with Gasteiger partial charge < -0.3 is 0 Å². The van der Waals surface area contributed by atoms with Gasteiger partial charge in [-0.05, 0) is 85.6 Å². The lowest BCUT2D eigenvalue weighted by Gasteiger charge is -2.17.